The molecule has 1 heterocycles. The van der Waals surface area contributed by atoms with E-state index in [0.717, 1.165) is 4.47 Å². The molecule has 0 radical (unpaired) electrons. The summed E-state index contributed by atoms with van der Waals surface area (Å²) in [4.78, 5) is 35.3. The number of ketones is 2. The van der Waals surface area contributed by atoms with E-state index in [9.17, 15) is 14.4 Å². The average Bonchev–Trinajstić information content (AvgIpc) is 2.94. The molecule has 0 bridgehead atoms. The molecule has 0 aliphatic rings. The van der Waals surface area contributed by atoms with Crippen LogP contribution < -0.4 is 0 Å². The Morgan fingerprint density at radius 3 is 2.38 bits per heavy atom. The van der Waals surface area contributed by atoms with Crippen LogP contribution in [-0.2, 0) is 11.8 Å². The lowest BCUT2D eigenvalue weighted by molar-refractivity contribution is 0.0483. The van der Waals surface area contributed by atoms with Gasteiger partial charge in [-0.1, -0.05) is 28.1 Å². The Labute approximate surface area is 148 Å². The van der Waals surface area contributed by atoms with Crippen molar-refractivity contribution in [3.8, 4) is 0 Å². The Hall–Kier alpha value is -2.21. The van der Waals surface area contributed by atoms with Crippen molar-refractivity contribution in [2.75, 3.05) is 6.61 Å². The number of ether oxygens (including phenoxy) is 1. The number of esters is 1. The maximum Gasteiger partial charge on any atom is 0.354 e. The van der Waals surface area contributed by atoms with Crippen molar-refractivity contribution >= 4 is 33.5 Å². The SMILES string of the molecule is CC(=O)c1cc(C(=O)OCCCC(=O)c2ccc(Br)cc2)n(C)c1. The fraction of sp³-hybridized carbons (Fsp3) is 0.278. The van der Waals surface area contributed by atoms with Crippen LogP contribution in [0.15, 0.2) is 41.0 Å². The maximum atomic E-state index is 12.0. The molecule has 2 aromatic rings. The predicted octanol–water partition coefficient (Wildman–Crippen LogP) is 3.81. The number of hydrogen-bond acceptors (Lipinski definition) is 4. The molecule has 0 spiro atoms. The van der Waals surface area contributed by atoms with Crippen LogP contribution in [0.3, 0.4) is 0 Å². The summed E-state index contributed by atoms with van der Waals surface area (Å²) < 4.78 is 7.66. The Balaban J connectivity index is 1.81. The molecule has 0 amide bonds. The molecule has 0 aliphatic carbocycles. The van der Waals surface area contributed by atoms with Gasteiger partial charge in [0, 0.05) is 35.3 Å². The molecule has 5 nitrogen and oxygen atoms in total. The lowest BCUT2D eigenvalue weighted by Crippen LogP contribution is -2.11. The largest absolute Gasteiger partial charge is 0.461 e. The molecule has 0 unspecified atom stereocenters. The van der Waals surface area contributed by atoms with Gasteiger partial charge in [0.1, 0.15) is 5.69 Å². The number of halogens is 1. The number of carbonyl (C=O) groups is 3. The van der Waals surface area contributed by atoms with Crippen molar-refractivity contribution in [3.63, 3.8) is 0 Å². The van der Waals surface area contributed by atoms with Crippen molar-refractivity contribution in [3.05, 3.63) is 57.8 Å². The topological polar surface area (TPSA) is 65.4 Å². The highest BCUT2D eigenvalue weighted by molar-refractivity contribution is 9.10. The number of rotatable bonds is 7. The summed E-state index contributed by atoms with van der Waals surface area (Å²) in [5, 5.41) is 0. The minimum Gasteiger partial charge on any atom is -0.461 e. The van der Waals surface area contributed by atoms with Crippen molar-refractivity contribution in [1.29, 1.82) is 0 Å². The van der Waals surface area contributed by atoms with Gasteiger partial charge in [-0.3, -0.25) is 9.59 Å². The Morgan fingerprint density at radius 1 is 1.12 bits per heavy atom. The van der Waals surface area contributed by atoms with E-state index in [1.165, 1.54) is 13.0 Å². The van der Waals surface area contributed by atoms with E-state index in [-0.39, 0.29) is 18.2 Å². The summed E-state index contributed by atoms with van der Waals surface area (Å²) in [6.07, 6.45) is 2.35. The van der Waals surface area contributed by atoms with Gasteiger partial charge in [0.25, 0.3) is 0 Å². The third-order valence-electron chi connectivity index (χ3n) is 3.57. The van der Waals surface area contributed by atoms with Crippen LogP contribution in [0.4, 0.5) is 0 Å². The Morgan fingerprint density at radius 2 is 1.79 bits per heavy atom. The monoisotopic (exact) mass is 391 g/mol. The van der Waals surface area contributed by atoms with Gasteiger partial charge in [0.2, 0.25) is 0 Å². The van der Waals surface area contributed by atoms with E-state index < -0.39 is 5.97 Å². The fourth-order valence-electron chi connectivity index (χ4n) is 2.21. The lowest BCUT2D eigenvalue weighted by atomic mass is 10.1. The zero-order chi connectivity index (χ0) is 17.7. The number of benzene rings is 1. The summed E-state index contributed by atoms with van der Waals surface area (Å²) >= 11 is 3.32. The number of carbonyl (C=O) groups excluding carboxylic acids is 3. The molecule has 6 heteroatoms. The molecule has 0 fully saturated rings. The van der Waals surface area contributed by atoms with E-state index in [2.05, 4.69) is 15.9 Å². The van der Waals surface area contributed by atoms with E-state index in [1.54, 1.807) is 29.9 Å². The first-order valence-corrected chi connectivity index (χ1v) is 8.31. The summed E-state index contributed by atoms with van der Waals surface area (Å²) in [6.45, 7) is 1.60. The number of aromatic nitrogens is 1. The van der Waals surface area contributed by atoms with E-state index in [4.69, 9.17) is 4.74 Å². The van der Waals surface area contributed by atoms with Crippen molar-refractivity contribution in [2.24, 2.45) is 7.05 Å². The molecular weight excluding hydrogens is 374 g/mol. The maximum absolute atomic E-state index is 12.0. The van der Waals surface area contributed by atoms with Crippen molar-refractivity contribution < 1.29 is 19.1 Å². The highest BCUT2D eigenvalue weighted by atomic mass is 79.9. The third-order valence-corrected chi connectivity index (χ3v) is 4.10. The smallest absolute Gasteiger partial charge is 0.354 e. The normalized spacial score (nSPS) is 10.5. The molecule has 0 atom stereocenters. The van der Waals surface area contributed by atoms with Gasteiger partial charge in [0.05, 0.1) is 6.61 Å². The van der Waals surface area contributed by atoms with Gasteiger partial charge < -0.3 is 9.30 Å². The summed E-state index contributed by atoms with van der Waals surface area (Å²) in [5.41, 5.74) is 1.42. The third kappa shape index (κ3) is 4.64. The average molecular weight is 392 g/mol. The molecular formula is C18H18BrNO4. The summed E-state index contributed by atoms with van der Waals surface area (Å²) in [7, 11) is 1.68. The van der Waals surface area contributed by atoms with Crippen LogP contribution in [0.1, 0.15) is 51.0 Å². The second-order valence-corrected chi connectivity index (χ2v) is 6.37. The number of aryl methyl sites for hydroxylation is 1. The van der Waals surface area contributed by atoms with E-state index in [1.807, 2.05) is 12.1 Å². The first-order valence-electron chi connectivity index (χ1n) is 7.51. The molecule has 1 aromatic carbocycles. The number of Topliss-reactive ketones (excluding diaryl/α,β-unsaturated/α-hetero) is 2. The Kier molecular flexibility index (Phi) is 6.09. The Bertz CT molecular complexity index is 762. The first kappa shape index (κ1) is 18.1. The zero-order valence-corrected chi connectivity index (χ0v) is 15.1. The second kappa shape index (κ2) is 8.06. The zero-order valence-electron chi connectivity index (χ0n) is 13.5. The van der Waals surface area contributed by atoms with Crippen LogP contribution in [0.25, 0.3) is 0 Å². The molecule has 126 valence electrons. The van der Waals surface area contributed by atoms with Crippen molar-refractivity contribution in [1.82, 2.24) is 4.57 Å². The summed E-state index contributed by atoms with van der Waals surface area (Å²) in [5.74, 6) is -0.595. The molecule has 0 aliphatic heterocycles. The summed E-state index contributed by atoms with van der Waals surface area (Å²) in [6, 6.07) is 8.65. The molecule has 0 saturated carbocycles. The number of nitrogens with zero attached hydrogens (tertiary/aromatic N) is 1. The van der Waals surface area contributed by atoms with Gasteiger partial charge in [0.15, 0.2) is 11.6 Å². The highest BCUT2D eigenvalue weighted by Gasteiger charge is 2.15. The van der Waals surface area contributed by atoms with Gasteiger partial charge in [-0.15, -0.1) is 0 Å². The quantitative estimate of drug-likeness (QED) is 0.408. The first-order chi connectivity index (χ1) is 11.4. The number of hydrogen-bond donors (Lipinski definition) is 0. The van der Waals surface area contributed by atoms with Gasteiger partial charge >= 0.3 is 5.97 Å². The second-order valence-electron chi connectivity index (χ2n) is 5.45. The highest BCUT2D eigenvalue weighted by Crippen LogP contribution is 2.13. The van der Waals surface area contributed by atoms with Crippen LogP contribution >= 0.6 is 15.9 Å². The van der Waals surface area contributed by atoms with Crippen LogP contribution in [-0.4, -0.2) is 28.7 Å². The fourth-order valence-corrected chi connectivity index (χ4v) is 2.48. The van der Waals surface area contributed by atoms with Crippen LogP contribution in [0.5, 0.6) is 0 Å². The molecule has 24 heavy (non-hydrogen) atoms. The van der Waals surface area contributed by atoms with Crippen LogP contribution in [0, 0.1) is 0 Å². The molecule has 0 saturated heterocycles. The lowest BCUT2D eigenvalue weighted by Gasteiger charge is -2.05. The van der Waals surface area contributed by atoms with Gasteiger partial charge in [-0.2, -0.15) is 0 Å². The predicted molar refractivity (Wildman–Crippen MR) is 93.4 cm³/mol. The van der Waals surface area contributed by atoms with Gasteiger partial charge in [-0.05, 0) is 31.5 Å². The van der Waals surface area contributed by atoms with Crippen LogP contribution in [0.2, 0.25) is 0 Å². The standard InChI is InChI=1S/C18H18BrNO4/c1-12(21)14-10-16(20(2)11-14)18(23)24-9-3-4-17(22)13-5-7-15(19)8-6-13/h5-8,10-11H,3-4,9H2,1-2H3. The molecule has 0 N–H and O–H groups in total. The minimum absolute atomic E-state index is 0.0104. The van der Waals surface area contributed by atoms with Gasteiger partial charge in [-0.25, -0.2) is 4.79 Å². The molecule has 1 aromatic heterocycles. The molecule has 2 rings (SSSR count). The van der Waals surface area contributed by atoms with E-state index in [0.29, 0.717) is 29.7 Å². The van der Waals surface area contributed by atoms with Crippen molar-refractivity contribution in [2.45, 2.75) is 19.8 Å². The van der Waals surface area contributed by atoms with E-state index >= 15 is 0 Å². The minimum atomic E-state index is -0.499.